The van der Waals surface area contributed by atoms with Crippen molar-refractivity contribution in [3.8, 4) is 0 Å². The van der Waals surface area contributed by atoms with Gasteiger partial charge in [-0.15, -0.1) is 0 Å². The Morgan fingerprint density at radius 3 is 2.33 bits per heavy atom. The van der Waals surface area contributed by atoms with Crippen LogP contribution >= 0.6 is 11.8 Å². The minimum Gasteiger partial charge on any atom is -0.449 e. The summed E-state index contributed by atoms with van der Waals surface area (Å²) in [4.78, 5) is 31.4. The predicted octanol–water partition coefficient (Wildman–Crippen LogP) is 1.53. The highest BCUT2D eigenvalue weighted by Crippen LogP contribution is 2.16. The normalized spacial score (nSPS) is 10.1. The van der Waals surface area contributed by atoms with Crippen LogP contribution in [-0.2, 0) is 16.0 Å². The average molecular weight is 312 g/mol. The first-order chi connectivity index (χ1) is 9.97. The SMILES string of the molecule is CCOC(=O)NNC(=O)CCc1c(C)nc(SC)nc1C. The zero-order valence-corrected chi connectivity index (χ0v) is 13.5. The Balaban J connectivity index is 2.52. The summed E-state index contributed by atoms with van der Waals surface area (Å²) >= 11 is 1.48. The molecule has 8 heteroatoms. The molecule has 0 aliphatic heterocycles. The number of thioether (sulfide) groups is 1. The van der Waals surface area contributed by atoms with Crippen molar-refractivity contribution in [1.82, 2.24) is 20.8 Å². The topological polar surface area (TPSA) is 93.2 Å². The van der Waals surface area contributed by atoms with Gasteiger partial charge in [0, 0.05) is 17.8 Å². The average Bonchev–Trinajstić information content (AvgIpc) is 2.44. The first-order valence-corrected chi connectivity index (χ1v) is 7.80. The van der Waals surface area contributed by atoms with E-state index in [1.54, 1.807) is 6.92 Å². The van der Waals surface area contributed by atoms with Crippen LogP contribution in [0, 0.1) is 13.8 Å². The quantitative estimate of drug-likeness (QED) is 0.486. The van der Waals surface area contributed by atoms with E-state index in [2.05, 4.69) is 25.6 Å². The third kappa shape index (κ3) is 5.58. The van der Waals surface area contributed by atoms with Gasteiger partial charge in [-0.2, -0.15) is 0 Å². The van der Waals surface area contributed by atoms with Gasteiger partial charge in [0.25, 0.3) is 0 Å². The van der Waals surface area contributed by atoms with Crippen molar-refractivity contribution in [2.75, 3.05) is 12.9 Å². The van der Waals surface area contributed by atoms with E-state index in [9.17, 15) is 9.59 Å². The zero-order chi connectivity index (χ0) is 15.8. The van der Waals surface area contributed by atoms with Gasteiger partial charge in [0.1, 0.15) is 0 Å². The van der Waals surface area contributed by atoms with E-state index in [-0.39, 0.29) is 18.9 Å². The maximum Gasteiger partial charge on any atom is 0.426 e. The molecule has 0 spiro atoms. The van der Waals surface area contributed by atoms with Gasteiger partial charge in [-0.25, -0.2) is 20.2 Å². The van der Waals surface area contributed by atoms with Crippen LogP contribution in [0.4, 0.5) is 4.79 Å². The van der Waals surface area contributed by atoms with E-state index in [4.69, 9.17) is 0 Å². The third-order valence-electron chi connectivity index (χ3n) is 2.76. The summed E-state index contributed by atoms with van der Waals surface area (Å²) in [6.45, 7) is 5.74. The minimum absolute atomic E-state index is 0.232. The fourth-order valence-electron chi connectivity index (χ4n) is 1.75. The van der Waals surface area contributed by atoms with Crippen LogP contribution in [0.3, 0.4) is 0 Å². The Kier molecular flexibility index (Phi) is 6.93. The van der Waals surface area contributed by atoms with Crippen molar-refractivity contribution in [3.63, 3.8) is 0 Å². The molecule has 1 rings (SSSR count). The number of rotatable bonds is 5. The molecule has 0 bridgehead atoms. The lowest BCUT2D eigenvalue weighted by Gasteiger charge is -2.10. The van der Waals surface area contributed by atoms with E-state index in [0.717, 1.165) is 22.1 Å². The molecule has 0 fully saturated rings. The molecule has 0 unspecified atom stereocenters. The third-order valence-corrected chi connectivity index (χ3v) is 3.31. The lowest BCUT2D eigenvalue weighted by molar-refractivity contribution is -0.121. The second kappa shape index (κ2) is 8.46. The van der Waals surface area contributed by atoms with Crippen LogP contribution in [-0.4, -0.2) is 34.8 Å². The van der Waals surface area contributed by atoms with Crippen LogP contribution in [0.15, 0.2) is 5.16 Å². The molecule has 2 amide bonds. The standard InChI is InChI=1S/C13H20N4O3S/c1-5-20-13(19)17-16-11(18)7-6-10-8(2)14-12(21-4)15-9(10)3/h5-7H2,1-4H3,(H,16,18)(H,17,19). The smallest absolute Gasteiger partial charge is 0.426 e. The molecule has 0 aliphatic rings. The van der Waals surface area contributed by atoms with Gasteiger partial charge in [0.05, 0.1) is 6.61 Å². The monoisotopic (exact) mass is 312 g/mol. The van der Waals surface area contributed by atoms with Crippen molar-refractivity contribution in [2.24, 2.45) is 0 Å². The number of carbonyl (C=O) groups is 2. The molecule has 116 valence electrons. The highest BCUT2D eigenvalue weighted by molar-refractivity contribution is 7.98. The Hall–Kier alpha value is -1.83. The highest BCUT2D eigenvalue weighted by atomic mass is 32.2. The van der Waals surface area contributed by atoms with Crippen molar-refractivity contribution >= 4 is 23.8 Å². The number of ether oxygens (including phenoxy) is 1. The number of aryl methyl sites for hydroxylation is 2. The van der Waals surface area contributed by atoms with Crippen LogP contribution < -0.4 is 10.9 Å². The molecule has 0 saturated carbocycles. The summed E-state index contributed by atoms with van der Waals surface area (Å²) in [5.41, 5.74) is 7.17. The predicted molar refractivity (Wildman–Crippen MR) is 79.9 cm³/mol. The minimum atomic E-state index is -0.675. The second-order valence-electron chi connectivity index (χ2n) is 4.25. The molecule has 0 saturated heterocycles. The molecular formula is C13H20N4O3S. The van der Waals surface area contributed by atoms with Crippen molar-refractivity contribution in [1.29, 1.82) is 0 Å². The number of carbonyl (C=O) groups excluding carboxylic acids is 2. The summed E-state index contributed by atoms with van der Waals surface area (Å²) in [5.74, 6) is -0.296. The number of hydrazine groups is 1. The number of hydrogen-bond donors (Lipinski definition) is 2. The molecule has 0 aliphatic carbocycles. The summed E-state index contributed by atoms with van der Waals surface area (Å²) in [6.07, 6.45) is 1.99. The van der Waals surface area contributed by atoms with Gasteiger partial charge in [0.15, 0.2) is 5.16 Å². The first-order valence-electron chi connectivity index (χ1n) is 6.57. The number of amides is 2. The molecule has 1 aromatic rings. The van der Waals surface area contributed by atoms with Crippen molar-refractivity contribution in [2.45, 2.75) is 38.8 Å². The molecule has 1 aromatic heterocycles. The van der Waals surface area contributed by atoms with Crippen molar-refractivity contribution in [3.05, 3.63) is 17.0 Å². The maximum absolute atomic E-state index is 11.6. The molecular weight excluding hydrogens is 292 g/mol. The summed E-state index contributed by atoms with van der Waals surface area (Å²) in [5, 5.41) is 0.724. The van der Waals surface area contributed by atoms with Gasteiger partial charge >= 0.3 is 6.09 Å². The summed E-state index contributed by atoms with van der Waals surface area (Å²) in [7, 11) is 0. The molecule has 2 N–H and O–H groups in total. The van der Waals surface area contributed by atoms with Crippen molar-refractivity contribution < 1.29 is 14.3 Å². The van der Waals surface area contributed by atoms with Gasteiger partial charge in [-0.1, -0.05) is 11.8 Å². The number of hydrogen-bond acceptors (Lipinski definition) is 6. The van der Waals surface area contributed by atoms with E-state index >= 15 is 0 Å². The fourth-order valence-corrected chi connectivity index (χ4v) is 2.21. The molecule has 1 heterocycles. The number of nitrogens with one attached hydrogen (secondary N) is 2. The molecule has 7 nitrogen and oxygen atoms in total. The molecule has 21 heavy (non-hydrogen) atoms. The van der Waals surface area contributed by atoms with Crippen LogP contribution in [0.5, 0.6) is 0 Å². The van der Waals surface area contributed by atoms with Gasteiger partial charge in [-0.3, -0.25) is 10.2 Å². The fraction of sp³-hybridized carbons (Fsp3) is 0.538. The molecule has 0 radical (unpaired) electrons. The molecule has 0 atom stereocenters. The highest BCUT2D eigenvalue weighted by Gasteiger charge is 2.11. The Bertz CT molecular complexity index is 499. The zero-order valence-electron chi connectivity index (χ0n) is 12.6. The number of nitrogens with zero attached hydrogens (tertiary/aromatic N) is 2. The van der Waals surface area contributed by atoms with E-state index < -0.39 is 6.09 Å². The lowest BCUT2D eigenvalue weighted by atomic mass is 10.1. The van der Waals surface area contributed by atoms with Crippen LogP contribution in [0.1, 0.15) is 30.3 Å². The van der Waals surface area contributed by atoms with E-state index in [1.165, 1.54) is 11.8 Å². The largest absolute Gasteiger partial charge is 0.449 e. The van der Waals surface area contributed by atoms with Gasteiger partial charge < -0.3 is 4.74 Å². The van der Waals surface area contributed by atoms with E-state index in [0.29, 0.717) is 6.42 Å². The summed E-state index contributed by atoms with van der Waals surface area (Å²) < 4.78 is 4.63. The number of aromatic nitrogens is 2. The van der Waals surface area contributed by atoms with E-state index in [1.807, 2.05) is 20.1 Å². The maximum atomic E-state index is 11.6. The Morgan fingerprint density at radius 1 is 1.19 bits per heavy atom. The first kappa shape index (κ1) is 17.2. The Morgan fingerprint density at radius 2 is 1.81 bits per heavy atom. The Labute approximate surface area is 128 Å². The van der Waals surface area contributed by atoms with Crippen LogP contribution in [0.2, 0.25) is 0 Å². The summed E-state index contributed by atoms with van der Waals surface area (Å²) in [6, 6.07) is 0. The second-order valence-corrected chi connectivity index (χ2v) is 5.03. The molecule has 0 aromatic carbocycles. The van der Waals surface area contributed by atoms with Gasteiger partial charge in [0.2, 0.25) is 5.91 Å². The van der Waals surface area contributed by atoms with Gasteiger partial charge in [-0.05, 0) is 39.0 Å². The lowest BCUT2D eigenvalue weighted by Crippen LogP contribution is -2.42. The van der Waals surface area contributed by atoms with Crippen LogP contribution in [0.25, 0.3) is 0 Å².